The molecule has 0 saturated heterocycles. The normalized spacial score (nSPS) is 45.6. The van der Waals surface area contributed by atoms with Crippen LogP contribution in [0.3, 0.4) is 0 Å². The highest BCUT2D eigenvalue weighted by atomic mass is 127. The van der Waals surface area contributed by atoms with E-state index in [9.17, 15) is 9.59 Å². The third-order valence-corrected chi connectivity index (χ3v) is 9.10. The van der Waals surface area contributed by atoms with Gasteiger partial charge in [-0.25, -0.2) is 0 Å². The molecule has 0 heterocycles. The van der Waals surface area contributed by atoms with Crippen LogP contribution in [0.15, 0.2) is 11.6 Å². The predicted molar refractivity (Wildman–Crippen MR) is 111 cm³/mol. The van der Waals surface area contributed by atoms with E-state index < -0.39 is 0 Å². The summed E-state index contributed by atoms with van der Waals surface area (Å²) in [6.45, 7) is 2.22. The Bertz CT molecular complexity index is 717. The summed E-state index contributed by atoms with van der Waals surface area (Å²) < 4.78 is 3.06. The topological polar surface area (TPSA) is 34.1 Å². The van der Waals surface area contributed by atoms with Gasteiger partial charge in [0.1, 0.15) is 5.78 Å². The van der Waals surface area contributed by atoms with E-state index in [-0.39, 0.29) is 21.4 Å². The molecule has 6 atom stereocenters. The first-order valence-corrected chi connectivity index (χ1v) is 11.4. The molecule has 0 aromatic heterocycles. The monoisotopic (exact) mass is 514 g/mol. The molecule has 0 aromatic carbocycles. The smallest absolute Gasteiger partial charge is 0.155 e. The van der Waals surface area contributed by atoms with Gasteiger partial charge in [0.05, 0.1) is 0 Å². The maximum Gasteiger partial charge on any atom is 0.155 e. The summed E-state index contributed by atoms with van der Waals surface area (Å²) in [5.41, 5.74) is 1.24. The fourth-order valence-corrected chi connectivity index (χ4v) is 7.84. The van der Waals surface area contributed by atoms with Gasteiger partial charge in [-0.05, 0) is 65.4 Å². The Balaban J connectivity index is 1.78. The Hall–Kier alpha value is -0.150. The van der Waals surface area contributed by atoms with Crippen molar-refractivity contribution in [2.75, 3.05) is 0 Å². The molecule has 0 bridgehead atoms. The fourth-order valence-electron chi connectivity index (χ4n) is 6.63. The third-order valence-electron chi connectivity index (χ3n) is 7.85. The molecule has 3 saturated carbocycles. The van der Waals surface area contributed by atoms with Gasteiger partial charge in [0.2, 0.25) is 0 Å². The molecule has 134 valence electrons. The van der Waals surface area contributed by atoms with Crippen LogP contribution >= 0.6 is 38.5 Å². The maximum atomic E-state index is 12.6. The molecule has 25 heavy (non-hydrogen) atoms. The summed E-state index contributed by atoms with van der Waals surface area (Å²) in [5.74, 6) is 5.78. The molecule has 0 radical (unpaired) electrons. The van der Waals surface area contributed by atoms with Crippen molar-refractivity contribution in [3.05, 3.63) is 11.6 Å². The van der Waals surface area contributed by atoms with Crippen LogP contribution in [0.2, 0.25) is 0 Å². The van der Waals surface area contributed by atoms with E-state index in [2.05, 4.69) is 55.3 Å². The quantitative estimate of drug-likeness (QED) is 0.273. The highest BCUT2D eigenvalue weighted by molar-refractivity contribution is 14.1. The van der Waals surface area contributed by atoms with Crippen molar-refractivity contribution >= 4 is 50.1 Å². The van der Waals surface area contributed by atoms with Gasteiger partial charge in [-0.1, -0.05) is 28.8 Å². The van der Waals surface area contributed by atoms with Crippen molar-refractivity contribution in [2.24, 2.45) is 28.6 Å². The molecule has 0 unspecified atom stereocenters. The zero-order chi connectivity index (χ0) is 17.8. The third kappa shape index (κ3) is 2.63. The number of hydrogen-bond donors (Lipinski definition) is 0. The van der Waals surface area contributed by atoms with Crippen molar-refractivity contribution in [1.82, 2.24) is 0 Å². The number of alkyl halides is 1. The van der Waals surface area contributed by atoms with Gasteiger partial charge in [0.15, 0.2) is 5.78 Å². The second kappa shape index (κ2) is 6.48. The molecule has 0 aliphatic heterocycles. The van der Waals surface area contributed by atoms with Crippen molar-refractivity contribution in [3.63, 3.8) is 0 Å². The number of rotatable bonds is 1. The number of hydrogen-bond acceptors (Lipinski definition) is 2. The lowest BCUT2D eigenvalue weighted by Crippen LogP contribution is -2.54. The minimum Gasteiger partial charge on any atom is -0.299 e. The number of Topliss-reactive ketones (excluding diaryl/α,β-unsaturated/α-hetero) is 1. The fraction of sp³-hybridized carbons (Fsp3) is 0.714. The summed E-state index contributed by atoms with van der Waals surface area (Å²) in [4.78, 5) is 25.0. The molecule has 3 fully saturated rings. The Morgan fingerprint density at radius 1 is 1.24 bits per heavy atom. The van der Waals surface area contributed by atoms with E-state index in [1.807, 2.05) is 6.08 Å². The molecule has 0 amide bonds. The largest absolute Gasteiger partial charge is 0.299 e. The first-order chi connectivity index (χ1) is 11.9. The highest BCUT2D eigenvalue weighted by Gasteiger charge is 2.61. The maximum absolute atomic E-state index is 12.6. The zero-order valence-electron chi connectivity index (χ0n) is 14.6. The minimum absolute atomic E-state index is 0.0378. The summed E-state index contributed by atoms with van der Waals surface area (Å²) in [5, 5.41) is 0. The molecule has 4 aliphatic carbocycles. The van der Waals surface area contributed by atoms with Crippen LogP contribution in [0.1, 0.15) is 58.3 Å². The van der Waals surface area contributed by atoms with Crippen LogP contribution in [0.4, 0.5) is 0 Å². The van der Waals surface area contributed by atoms with E-state index in [0.717, 1.165) is 44.9 Å². The molecule has 0 spiro atoms. The lowest BCUT2D eigenvalue weighted by Gasteiger charge is -2.58. The number of allylic oxidation sites excluding steroid dienone is 1. The molecule has 0 aromatic rings. The van der Waals surface area contributed by atoms with Gasteiger partial charge >= 0.3 is 0 Å². The molecule has 4 rings (SSSR count). The van der Waals surface area contributed by atoms with Crippen molar-refractivity contribution < 1.29 is 9.59 Å². The Morgan fingerprint density at radius 3 is 2.80 bits per heavy atom. The number of carbonyl (C=O) groups excluding carboxylic acids is 2. The lowest BCUT2D eigenvalue weighted by atomic mass is 9.46. The van der Waals surface area contributed by atoms with Gasteiger partial charge < -0.3 is 0 Å². The Labute approximate surface area is 172 Å². The number of halogens is 2. The lowest BCUT2D eigenvalue weighted by molar-refractivity contribution is -0.132. The van der Waals surface area contributed by atoms with Crippen molar-refractivity contribution in [2.45, 2.75) is 63.1 Å². The minimum atomic E-state index is -0.101. The molecular weight excluding hydrogens is 491 g/mol. The van der Waals surface area contributed by atoms with E-state index in [1.54, 1.807) is 0 Å². The van der Waals surface area contributed by atoms with Crippen molar-refractivity contribution in [1.29, 1.82) is 0 Å². The van der Waals surface area contributed by atoms with Crippen LogP contribution in [0, 0.1) is 38.4 Å². The van der Waals surface area contributed by atoms with Gasteiger partial charge in [0, 0.05) is 57.5 Å². The van der Waals surface area contributed by atoms with Gasteiger partial charge in [-0.3, -0.25) is 9.59 Å². The number of carbonyl (C=O) groups is 2. The number of fused-ring (bicyclic) bond motifs is 5. The van der Waals surface area contributed by atoms with Gasteiger partial charge in [-0.2, -0.15) is 0 Å². The zero-order valence-corrected chi connectivity index (χ0v) is 18.4. The highest BCUT2D eigenvalue weighted by Crippen LogP contribution is 2.66. The van der Waals surface area contributed by atoms with Gasteiger partial charge in [-0.15, -0.1) is 0 Å². The Kier molecular flexibility index (Phi) is 4.72. The second-order valence-corrected chi connectivity index (χ2v) is 10.3. The van der Waals surface area contributed by atoms with Crippen LogP contribution in [0.5, 0.6) is 0 Å². The molecule has 2 nitrogen and oxygen atoms in total. The summed E-state index contributed by atoms with van der Waals surface area (Å²) >= 11 is 6.05. The van der Waals surface area contributed by atoms with Crippen molar-refractivity contribution in [3.8, 4) is 9.85 Å². The van der Waals surface area contributed by atoms with Gasteiger partial charge in [0.25, 0.3) is 0 Å². The SMILES string of the molecule is C[C@]12CC[C@H]3[C@@H](C[C@@H](Br)C4=CC(=O)CC[C@@]43CC#CI)[C@@H]1CCC2=O. The first kappa shape index (κ1) is 18.2. The van der Waals surface area contributed by atoms with E-state index in [4.69, 9.17) is 0 Å². The summed E-state index contributed by atoms with van der Waals surface area (Å²) in [7, 11) is 0. The summed E-state index contributed by atoms with van der Waals surface area (Å²) in [6, 6.07) is 0. The van der Waals surface area contributed by atoms with Crippen LogP contribution in [0.25, 0.3) is 0 Å². The average molecular weight is 515 g/mol. The molecular formula is C21H24BrIO2. The summed E-state index contributed by atoms with van der Waals surface area (Å²) in [6.07, 6.45) is 9.39. The second-order valence-electron chi connectivity index (χ2n) is 8.67. The van der Waals surface area contributed by atoms with Crippen LogP contribution < -0.4 is 0 Å². The van der Waals surface area contributed by atoms with Crippen LogP contribution in [-0.4, -0.2) is 16.4 Å². The molecule has 4 aliphatic rings. The molecule has 4 heteroatoms. The van der Waals surface area contributed by atoms with E-state index >= 15 is 0 Å². The number of ketones is 2. The predicted octanol–water partition coefficient (Wildman–Crippen LogP) is 5.23. The molecule has 0 N–H and O–H groups in total. The van der Waals surface area contributed by atoms with Crippen LogP contribution in [-0.2, 0) is 9.59 Å². The Morgan fingerprint density at radius 2 is 2.04 bits per heavy atom. The van der Waals surface area contributed by atoms with E-state index in [1.165, 1.54) is 5.57 Å². The standard InChI is InChI=1S/C21H24BrIO2/c1-20-8-6-16-14(15(20)3-4-19(20)25)12-18(22)17-11-13(24)5-9-21(16,17)7-2-10-23/h11,14-16,18H,3-9,12H2,1H3/t14-,15-,16-,18+,20-,21+/m0/s1. The first-order valence-electron chi connectivity index (χ1n) is 9.43. The van der Waals surface area contributed by atoms with E-state index in [0.29, 0.717) is 30.0 Å². The average Bonchev–Trinajstić information content (AvgIpc) is 2.90.